The van der Waals surface area contributed by atoms with Crippen LogP contribution in [-0.2, 0) is 23.8 Å². The van der Waals surface area contributed by atoms with Gasteiger partial charge in [-0.05, 0) is 61.7 Å². The van der Waals surface area contributed by atoms with Gasteiger partial charge in [0.15, 0.2) is 0 Å². The normalized spacial score (nSPS) is 10.3. The number of benzene rings is 2. The second-order valence-corrected chi connectivity index (χ2v) is 7.39. The van der Waals surface area contributed by atoms with Crippen molar-refractivity contribution in [1.29, 1.82) is 0 Å². The summed E-state index contributed by atoms with van der Waals surface area (Å²) in [4.78, 5) is 35.1. The molecule has 0 N–H and O–H groups in total. The van der Waals surface area contributed by atoms with E-state index in [9.17, 15) is 14.4 Å². The second-order valence-electron chi connectivity index (χ2n) is 7.39. The summed E-state index contributed by atoms with van der Waals surface area (Å²) in [5.74, 6) is -0.920. The van der Waals surface area contributed by atoms with Crippen molar-refractivity contribution in [3.8, 4) is 16.9 Å². The Morgan fingerprint density at radius 1 is 0.758 bits per heavy atom. The lowest BCUT2D eigenvalue weighted by Gasteiger charge is -2.10. The summed E-state index contributed by atoms with van der Waals surface area (Å²) in [7, 11) is 0. The highest BCUT2D eigenvalue weighted by Crippen LogP contribution is 2.27. The van der Waals surface area contributed by atoms with E-state index in [1.165, 1.54) is 0 Å². The number of aryl methyl sites for hydroxylation is 1. The third-order valence-corrected chi connectivity index (χ3v) is 4.45. The van der Waals surface area contributed by atoms with Crippen LogP contribution in [0.25, 0.3) is 11.1 Å². The van der Waals surface area contributed by atoms with Crippen LogP contribution in [0.3, 0.4) is 0 Å². The highest BCUT2D eigenvalue weighted by atomic mass is 16.6. The van der Waals surface area contributed by atoms with E-state index in [4.69, 9.17) is 18.9 Å². The van der Waals surface area contributed by atoms with E-state index in [-0.39, 0.29) is 26.4 Å². The van der Waals surface area contributed by atoms with Crippen molar-refractivity contribution in [2.75, 3.05) is 26.4 Å². The van der Waals surface area contributed by atoms with Crippen LogP contribution in [-0.4, -0.2) is 44.3 Å². The monoisotopic (exact) mass is 452 g/mol. The fourth-order valence-electron chi connectivity index (χ4n) is 2.62. The number of hydrogen-bond donors (Lipinski definition) is 0. The van der Waals surface area contributed by atoms with E-state index in [1.54, 1.807) is 32.0 Å². The van der Waals surface area contributed by atoms with Gasteiger partial charge in [-0.1, -0.05) is 31.4 Å². The Bertz CT molecular complexity index is 1040. The molecular formula is C26H28O7. The van der Waals surface area contributed by atoms with Gasteiger partial charge in [0.25, 0.3) is 0 Å². The highest BCUT2D eigenvalue weighted by molar-refractivity contribution is 5.90. The third-order valence-electron chi connectivity index (χ3n) is 4.45. The molecule has 0 aliphatic carbocycles. The smallest absolute Gasteiger partial charge is 0.338 e. The standard InChI is InChI=1S/C26H28O7/c1-17(2)24(27)31-14-12-30-13-15-32-26(29)21-8-6-20(7-9-21)22-10-11-23(19(5)16-22)33-25(28)18(3)4/h6-11,16H,1,3,12-15H2,2,4-5H3. The fourth-order valence-corrected chi connectivity index (χ4v) is 2.62. The molecule has 2 rings (SSSR count). The minimum absolute atomic E-state index is 0.0819. The van der Waals surface area contributed by atoms with Gasteiger partial charge in [0, 0.05) is 11.1 Å². The van der Waals surface area contributed by atoms with Gasteiger partial charge in [-0.3, -0.25) is 0 Å². The van der Waals surface area contributed by atoms with Crippen LogP contribution in [0.2, 0.25) is 0 Å². The molecule has 0 amide bonds. The fraction of sp³-hybridized carbons (Fsp3) is 0.269. The van der Waals surface area contributed by atoms with Gasteiger partial charge < -0.3 is 18.9 Å². The number of esters is 3. The second kappa shape index (κ2) is 12.4. The summed E-state index contributed by atoms with van der Waals surface area (Å²) >= 11 is 0. The maximum absolute atomic E-state index is 12.2. The molecule has 0 aliphatic rings. The summed E-state index contributed by atoms with van der Waals surface area (Å²) < 4.78 is 20.6. The van der Waals surface area contributed by atoms with Crippen LogP contribution in [0.5, 0.6) is 5.75 Å². The first-order valence-electron chi connectivity index (χ1n) is 10.4. The molecule has 0 unspecified atom stereocenters. The number of hydrogen-bond acceptors (Lipinski definition) is 7. The summed E-state index contributed by atoms with van der Waals surface area (Å²) in [5.41, 5.74) is 3.70. The minimum Gasteiger partial charge on any atom is -0.460 e. The first-order chi connectivity index (χ1) is 15.7. The molecular weight excluding hydrogens is 424 g/mol. The van der Waals surface area contributed by atoms with Crippen molar-refractivity contribution < 1.29 is 33.3 Å². The van der Waals surface area contributed by atoms with Crippen LogP contribution in [0.4, 0.5) is 0 Å². The lowest BCUT2D eigenvalue weighted by atomic mass is 10.0. The third kappa shape index (κ3) is 8.05. The first-order valence-corrected chi connectivity index (χ1v) is 10.4. The molecule has 0 aliphatic heterocycles. The average molecular weight is 453 g/mol. The first kappa shape index (κ1) is 25.5. The van der Waals surface area contributed by atoms with Gasteiger partial charge in [-0.2, -0.15) is 0 Å². The molecule has 7 nitrogen and oxygen atoms in total. The van der Waals surface area contributed by atoms with Crippen molar-refractivity contribution in [2.24, 2.45) is 0 Å². The molecule has 0 aromatic heterocycles. The van der Waals surface area contributed by atoms with Crippen molar-refractivity contribution in [3.05, 3.63) is 77.9 Å². The van der Waals surface area contributed by atoms with E-state index in [2.05, 4.69) is 13.2 Å². The maximum Gasteiger partial charge on any atom is 0.338 e. The molecule has 33 heavy (non-hydrogen) atoms. The van der Waals surface area contributed by atoms with Crippen molar-refractivity contribution >= 4 is 17.9 Å². The predicted molar refractivity (Wildman–Crippen MR) is 124 cm³/mol. The number of rotatable bonds is 11. The Labute approximate surface area is 193 Å². The zero-order valence-electron chi connectivity index (χ0n) is 19.1. The van der Waals surface area contributed by atoms with Crippen LogP contribution in [0.1, 0.15) is 29.8 Å². The number of carbonyl (C=O) groups is 3. The molecule has 0 heterocycles. The van der Waals surface area contributed by atoms with Crippen LogP contribution < -0.4 is 4.74 Å². The van der Waals surface area contributed by atoms with Crippen LogP contribution in [0.15, 0.2) is 66.8 Å². The minimum atomic E-state index is -0.467. The molecule has 0 fully saturated rings. The molecule has 0 bridgehead atoms. The van der Waals surface area contributed by atoms with Gasteiger partial charge >= 0.3 is 17.9 Å². The quantitative estimate of drug-likeness (QED) is 0.216. The molecule has 0 saturated carbocycles. The lowest BCUT2D eigenvalue weighted by molar-refractivity contribution is -0.140. The lowest BCUT2D eigenvalue weighted by Crippen LogP contribution is -2.14. The Morgan fingerprint density at radius 2 is 1.33 bits per heavy atom. The Kier molecular flexibility index (Phi) is 9.57. The Balaban J connectivity index is 1.82. The van der Waals surface area contributed by atoms with Crippen LogP contribution in [0, 0.1) is 6.92 Å². The van der Waals surface area contributed by atoms with E-state index >= 15 is 0 Å². The SMILES string of the molecule is C=C(C)C(=O)OCCOCCOC(=O)c1ccc(-c2ccc(OC(=O)C(=C)C)c(C)c2)cc1. The van der Waals surface area contributed by atoms with E-state index in [0.717, 1.165) is 16.7 Å². The Hall–Kier alpha value is -3.71. The molecule has 0 saturated heterocycles. The largest absolute Gasteiger partial charge is 0.460 e. The maximum atomic E-state index is 12.2. The summed E-state index contributed by atoms with van der Waals surface area (Å²) in [6.07, 6.45) is 0. The summed E-state index contributed by atoms with van der Waals surface area (Å²) in [5, 5.41) is 0. The van der Waals surface area contributed by atoms with Crippen molar-refractivity contribution in [2.45, 2.75) is 20.8 Å². The summed E-state index contributed by atoms with van der Waals surface area (Å²) in [6, 6.07) is 12.5. The predicted octanol–water partition coefficient (Wildman–Crippen LogP) is 4.44. The molecule has 2 aromatic rings. The van der Waals surface area contributed by atoms with Crippen molar-refractivity contribution in [3.63, 3.8) is 0 Å². The zero-order chi connectivity index (χ0) is 24.4. The average Bonchev–Trinajstić information content (AvgIpc) is 2.79. The van der Waals surface area contributed by atoms with Gasteiger partial charge in [-0.25, -0.2) is 14.4 Å². The van der Waals surface area contributed by atoms with Crippen LogP contribution >= 0.6 is 0 Å². The van der Waals surface area contributed by atoms with Crippen molar-refractivity contribution in [1.82, 2.24) is 0 Å². The topological polar surface area (TPSA) is 88.1 Å². The molecule has 2 aromatic carbocycles. The number of ether oxygens (including phenoxy) is 4. The molecule has 0 radical (unpaired) electrons. The highest BCUT2D eigenvalue weighted by Gasteiger charge is 2.11. The molecule has 7 heteroatoms. The molecule has 0 spiro atoms. The van der Waals surface area contributed by atoms with Gasteiger partial charge in [0.2, 0.25) is 0 Å². The van der Waals surface area contributed by atoms with Gasteiger partial charge in [0.1, 0.15) is 19.0 Å². The molecule has 174 valence electrons. The molecule has 0 atom stereocenters. The van der Waals surface area contributed by atoms with E-state index in [0.29, 0.717) is 22.5 Å². The zero-order valence-corrected chi connectivity index (χ0v) is 19.1. The van der Waals surface area contributed by atoms with Gasteiger partial charge in [-0.15, -0.1) is 0 Å². The Morgan fingerprint density at radius 3 is 1.91 bits per heavy atom. The summed E-state index contributed by atoms with van der Waals surface area (Å²) in [6.45, 7) is 12.7. The van der Waals surface area contributed by atoms with E-state index in [1.807, 2.05) is 31.2 Å². The number of carbonyl (C=O) groups excluding carboxylic acids is 3. The van der Waals surface area contributed by atoms with Gasteiger partial charge in [0.05, 0.1) is 18.8 Å². The van der Waals surface area contributed by atoms with E-state index < -0.39 is 17.9 Å².